The molecule has 0 amide bonds. The monoisotopic (exact) mass is 434 g/mol. The van der Waals surface area contributed by atoms with E-state index in [4.69, 9.17) is 19.4 Å². The molecule has 4 rings (SSSR count). The van der Waals surface area contributed by atoms with Gasteiger partial charge in [0, 0.05) is 25.5 Å². The number of methoxy groups -OCH3 is 1. The van der Waals surface area contributed by atoms with Gasteiger partial charge in [-0.1, -0.05) is 18.2 Å². The molecule has 32 heavy (non-hydrogen) atoms. The minimum Gasteiger partial charge on any atom is -0.497 e. The van der Waals surface area contributed by atoms with Gasteiger partial charge in [-0.3, -0.25) is 0 Å². The van der Waals surface area contributed by atoms with Crippen molar-refractivity contribution in [3.05, 3.63) is 54.1 Å². The lowest BCUT2D eigenvalue weighted by atomic mass is 9.86. The van der Waals surface area contributed by atoms with Gasteiger partial charge in [0.1, 0.15) is 11.6 Å². The van der Waals surface area contributed by atoms with E-state index in [-0.39, 0.29) is 5.97 Å². The molecule has 0 saturated heterocycles. The molecule has 3 aromatic rings. The number of anilines is 2. The molecule has 1 aliphatic rings. The first kappa shape index (κ1) is 21.9. The normalized spacial score (nSPS) is 18.2. The highest BCUT2D eigenvalue weighted by Crippen LogP contribution is 2.29. The minimum atomic E-state index is -0.301. The summed E-state index contributed by atoms with van der Waals surface area (Å²) >= 11 is 0. The molecule has 0 radical (unpaired) electrons. The van der Waals surface area contributed by atoms with Crippen LogP contribution in [0.1, 0.15) is 36.0 Å². The molecule has 0 aliphatic heterocycles. The van der Waals surface area contributed by atoms with Gasteiger partial charge in [0.05, 0.1) is 24.8 Å². The Morgan fingerprint density at radius 2 is 1.84 bits per heavy atom. The zero-order valence-electron chi connectivity index (χ0n) is 18.9. The number of nitrogens with zero attached hydrogens (tertiary/aromatic N) is 3. The summed E-state index contributed by atoms with van der Waals surface area (Å²) < 4.78 is 10.7. The third kappa shape index (κ3) is 5.10. The molecule has 7 nitrogen and oxygen atoms in total. The van der Waals surface area contributed by atoms with Gasteiger partial charge in [-0.15, -0.1) is 0 Å². The van der Waals surface area contributed by atoms with Crippen molar-refractivity contribution in [2.45, 2.75) is 31.7 Å². The van der Waals surface area contributed by atoms with Crippen LogP contribution < -0.4 is 15.0 Å². The molecule has 1 fully saturated rings. The zero-order valence-corrected chi connectivity index (χ0v) is 18.9. The van der Waals surface area contributed by atoms with E-state index in [0.717, 1.165) is 42.4 Å². The maximum atomic E-state index is 12.3. The quantitative estimate of drug-likeness (QED) is 0.547. The van der Waals surface area contributed by atoms with Gasteiger partial charge in [0.15, 0.2) is 0 Å². The number of rotatable bonds is 7. The largest absolute Gasteiger partial charge is 0.497 e. The number of para-hydroxylation sites is 1. The SMILES string of the molecule is COc1cccc(C(=O)OC[C@H]2CC[C@@H](Nc3nc(N(C)C)c4ccccc4n3)CC2)c1. The van der Waals surface area contributed by atoms with E-state index in [1.807, 2.05) is 49.3 Å². The van der Waals surface area contributed by atoms with E-state index in [9.17, 15) is 4.79 Å². The van der Waals surface area contributed by atoms with Crippen LogP contribution in [0.3, 0.4) is 0 Å². The Bertz CT molecular complexity index is 1080. The maximum absolute atomic E-state index is 12.3. The van der Waals surface area contributed by atoms with Crippen molar-refractivity contribution >= 4 is 28.6 Å². The average molecular weight is 435 g/mol. The molecule has 0 atom stereocenters. The fourth-order valence-electron chi connectivity index (χ4n) is 4.15. The van der Waals surface area contributed by atoms with Gasteiger partial charge in [-0.05, 0) is 61.9 Å². The number of ether oxygens (including phenoxy) is 2. The average Bonchev–Trinajstić information content (AvgIpc) is 2.82. The summed E-state index contributed by atoms with van der Waals surface area (Å²) in [6, 6.07) is 15.4. The van der Waals surface area contributed by atoms with Gasteiger partial charge in [0.2, 0.25) is 5.95 Å². The lowest BCUT2D eigenvalue weighted by Crippen LogP contribution is -2.29. The summed E-state index contributed by atoms with van der Waals surface area (Å²) in [6.07, 6.45) is 3.98. The second-order valence-corrected chi connectivity index (χ2v) is 8.47. The van der Waals surface area contributed by atoms with Crippen LogP contribution in [-0.2, 0) is 4.74 Å². The second-order valence-electron chi connectivity index (χ2n) is 8.47. The van der Waals surface area contributed by atoms with Crippen molar-refractivity contribution < 1.29 is 14.3 Å². The molecule has 1 heterocycles. The highest BCUT2D eigenvalue weighted by atomic mass is 16.5. The van der Waals surface area contributed by atoms with Crippen LogP contribution in [-0.4, -0.2) is 49.8 Å². The van der Waals surface area contributed by atoms with Crippen molar-refractivity contribution in [2.75, 3.05) is 38.0 Å². The lowest BCUT2D eigenvalue weighted by Gasteiger charge is -2.29. The second kappa shape index (κ2) is 9.85. The topological polar surface area (TPSA) is 76.6 Å². The van der Waals surface area contributed by atoms with Crippen molar-refractivity contribution in [2.24, 2.45) is 5.92 Å². The highest BCUT2D eigenvalue weighted by molar-refractivity contribution is 5.90. The lowest BCUT2D eigenvalue weighted by molar-refractivity contribution is 0.0407. The summed E-state index contributed by atoms with van der Waals surface area (Å²) in [6.45, 7) is 0.444. The Balaban J connectivity index is 1.31. The highest BCUT2D eigenvalue weighted by Gasteiger charge is 2.23. The number of benzene rings is 2. The van der Waals surface area contributed by atoms with E-state index in [1.54, 1.807) is 25.3 Å². The molecule has 0 bridgehead atoms. The van der Waals surface area contributed by atoms with Crippen LogP contribution in [0, 0.1) is 5.92 Å². The molecule has 0 spiro atoms. The summed E-state index contributed by atoms with van der Waals surface area (Å²) in [4.78, 5) is 23.8. The Morgan fingerprint density at radius 3 is 2.59 bits per heavy atom. The van der Waals surface area contributed by atoms with Crippen molar-refractivity contribution in [3.63, 3.8) is 0 Å². The Hall–Kier alpha value is -3.35. The summed E-state index contributed by atoms with van der Waals surface area (Å²) in [5.41, 5.74) is 1.46. The molecule has 7 heteroatoms. The summed E-state index contributed by atoms with van der Waals surface area (Å²) in [5, 5.41) is 4.57. The first-order valence-electron chi connectivity index (χ1n) is 11.1. The first-order chi connectivity index (χ1) is 15.5. The van der Waals surface area contributed by atoms with Gasteiger partial charge in [-0.2, -0.15) is 4.98 Å². The van der Waals surface area contributed by atoms with Gasteiger partial charge < -0.3 is 19.7 Å². The fourth-order valence-corrected chi connectivity index (χ4v) is 4.15. The molecule has 1 aromatic heterocycles. The van der Waals surface area contributed by atoms with Crippen molar-refractivity contribution in [1.82, 2.24) is 9.97 Å². The number of aromatic nitrogens is 2. The van der Waals surface area contributed by atoms with Gasteiger partial charge in [-0.25, -0.2) is 9.78 Å². The Kier molecular flexibility index (Phi) is 6.73. The van der Waals surface area contributed by atoms with Gasteiger partial charge in [0.25, 0.3) is 0 Å². The van der Waals surface area contributed by atoms with E-state index >= 15 is 0 Å². The number of nitrogens with one attached hydrogen (secondary N) is 1. The summed E-state index contributed by atoms with van der Waals surface area (Å²) in [7, 11) is 5.58. The van der Waals surface area contributed by atoms with Crippen molar-refractivity contribution in [1.29, 1.82) is 0 Å². The number of hydrogen-bond acceptors (Lipinski definition) is 7. The molecule has 1 saturated carbocycles. The van der Waals surface area contributed by atoms with E-state index in [2.05, 4.69) is 5.32 Å². The molecular weight excluding hydrogens is 404 g/mol. The molecular formula is C25H30N4O3. The number of carbonyl (C=O) groups excluding carboxylic acids is 1. The smallest absolute Gasteiger partial charge is 0.338 e. The standard InChI is InChI=1S/C25H30N4O3/c1-29(2)23-21-9-4-5-10-22(21)27-25(28-23)26-19-13-11-17(12-14-19)16-32-24(30)18-7-6-8-20(15-18)31-3/h4-10,15,17,19H,11-14,16H2,1-3H3,(H,26,27,28)/t17-,19+. The summed E-state index contributed by atoms with van der Waals surface area (Å²) in [5.74, 6) is 2.30. The Labute approximate surface area is 188 Å². The molecule has 1 aliphatic carbocycles. The van der Waals surface area contributed by atoms with Crippen LogP contribution in [0.25, 0.3) is 10.9 Å². The van der Waals surface area contributed by atoms with Crippen LogP contribution >= 0.6 is 0 Å². The van der Waals surface area contributed by atoms with E-state index in [0.29, 0.717) is 35.8 Å². The molecule has 1 N–H and O–H groups in total. The van der Waals surface area contributed by atoms with E-state index in [1.165, 1.54) is 0 Å². The first-order valence-corrected chi connectivity index (χ1v) is 11.1. The number of esters is 1. The van der Waals surface area contributed by atoms with Crippen LogP contribution in [0.2, 0.25) is 0 Å². The number of fused-ring (bicyclic) bond motifs is 1. The predicted molar refractivity (Wildman–Crippen MR) is 127 cm³/mol. The van der Waals surface area contributed by atoms with Crippen molar-refractivity contribution in [3.8, 4) is 5.75 Å². The minimum absolute atomic E-state index is 0.301. The third-order valence-electron chi connectivity index (χ3n) is 5.94. The number of carbonyl (C=O) groups is 1. The third-order valence-corrected chi connectivity index (χ3v) is 5.94. The van der Waals surface area contributed by atoms with Crippen LogP contribution in [0.15, 0.2) is 48.5 Å². The molecule has 168 valence electrons. The molecule has 2 aromatic carbocycles. The Morgan fingerprint density at radius 1 is 1.06 bits per heavy atom. The van der Waals surface area contributed by atoms with Crippen LogP contribution in [0.5, 0.6) is 5.75 Å². The predicted octanol–water partition coefficient (Wildman–Crippen LogP) is 4.53. The fraction of sp³-hybridized carbons (Fsp3) is 0.400. The number of hydrogen-bond donors (Lipinski definition) is 1. The molecule has 0 unspecified atom stereocenters. The maximum Gasteiger partial charge on any atom is 0.338 e. The van der Waals surface area contributed by atoms with E-state index < -0.39 is 0 Å². The van der Waals surface area contributed by atoms with Crippen LogP contribution in [0.4, 0.5) is 11.8 Å². The zero-order chi connectivity index (χ0) is 22.5. The van der Waals surface area contributed by atoms with Gasteiger partial charge >= 0.3 is 5.97 Å².